The number of carbonyl (C=O) groups excluding carboxylic acids is 1. The molecule has 4 nitrogen and oxygen atoms in total. The number of aliphatic hydroxyl groups is 1. The van der Waals surface area contributed by atoms with E-state index in [1.807, 2.05) is 0 Å². The Hall–Kier alpha value is -0.393. The van der Waals surface area contributed by atoms with Crippen LogP contribution in [0, 0.1) is 0 Å². The number of aliphatic hydroxyl groups excluding tert-OH is 1. The van der Waals surface area contributed by atoms with Crippen molar-refractivity contribution in [2.45, 2.75) is 103 Å². The second kappa shape index (κ2) is 10.5. The first kappa shape index (κ1) is 22.6. The van der Waals surface area contributed by atoms with Gasteiger partial charge in [-0.15, -0.1) is 0 Å². The minimum atomic E-state index is -1.84. The fourth-order valence-corrected chi connectivity index (χ4v) is 3.59. The van der Waals surface area contributed by atoms with Crippen molar-refractivity contribution in [1.82, 2.24) is 0 Å². The number of rotatable bonds is 11. The first-order chi connectivity index (χ1) is 10.5. The molecule has 0 amide bonds. The molecule has 0 spiro atoms. The molecule has 5 heteroatoms. The number of ether oxygens (including phenoxy) is 1. The fourth-order valence-electron chi connectivity index (χ4n) is 2.19. The molecule has 0 saturated carbocycles. The van der Waals surface area contributed by atoms with Gasteiger partial charge in [0.1, 0.15) is 0 Å². The van der Waals surface area contributed by atoms with Gasteiger partial charge >= 0.3 is 5.97 Å². The Bertz CT molecular complexity index is 336. The Labute approximate surface area is 144 Å². The zero-order chi connectivity index (χ0) is 18.1. The lowest BCUT2D eigenvalue weighted by Crippen LogP contribution is -2.44. The molecule has 0 bridgehead atoms. The summed E-state index contributed by atoms with van der Waals surface area (Å²) in [6.07, 6.45) is 4.09. The summed E-state index contributed by atoms with van der Waals surface area (Å²) in [4.78, 5) is 11.4. The van der Waals surface area contributed by atoms with Crippen LogP contribution in [0.4, 0.5) is 0 Å². The van der Waals surface area contributed by atoms with Crippen molar-refractivity contribution in [1.29, 1.82) is 0 Å². The predicted molar refractivity (Wildman–Crippen MR) is 98.1 cm³/mol. The number of carbonyl (C=O) groups is 1. The van der Waals surface area contributed by atoms with Crippen LogP contribution in [-0.2, 0) is 14.0 Å². The maximum absolute atomic E-state index is 11.4. The Morgan fingerprint density at radius 1 is 1.17 bits per heavy atom. The highest BCUT2D eigenvalue weighted by atomic mass is 28.4. The van der Waals surface area contributed by atoms with E-state index in [1.54, 1.807) is 6.92 Å². The lowest BCUT2D eigenvalue weighted by atomic mass is 10.0. The van der Waals surface area contributed by atoms with E-state index in [1.165, 1.54) is 0 Å². The molecule has 0 radical (unpaired) electrons. The molecule has 0 aliphatic carbocycles. The van der Waals surface area contributed by atoms with E-state index in [2.05, 4.69) is 40.8 Å². The molecule has 0 heterocycles. The zero-order valence-corrected chi connectivity index (χ0v) is 17.3. The first-order valence-electron chi connectivity index (χ1n) is 9.05. The van der Waals surface area contributed by atoms with Gasteiger partial charge in [-0.3, -0.25) is 4.79 Å². The molecule has 0 aromatic rings. The Kier molecular flexibility index (Phi) is 10.3. The molecular formula is C18H38O4Si. The van der Waals surface area contributed by atoms with Gasteiger partial charge in [0.15, 0.2) is 8.32 Å². The molecule has 2 atom stereocenters. The third-order valence-electron chi connectivity index (χ3n) is 4.67. The molecule has 0 aliphatic rings. The van der Waals surface area contributed by atoms with Crippen LogP contribution in [-0.4, -0.2) is 38.2 Å². The smallest absolute Gasteiger partial charge is 0.305 e. The van der Waals surface area contributed by atoms with Crippen molar-refractivity contribution >= 4 is 14.3 Å². The average Bonchev–Trinajstić information content (AvgIpc) is 2.41. The normalized spacial score (nSPS) is 15.3. The zero-order valence-electron chi connectivity index (χ0n) is 16.3. The molecule has 0 fully saturated rings. The highest BCUT2D eigenvalue weighted by Crippen LogP contribution is 2.38. The molecule has 0 saturated heterocycles. The number of unbranched alkanes of at least 4 members (excludes halogenated alkanes) is 1. The highest BCUT2D eigenvalue weighted by molar-refractivity contribution is 6.74. The van der Waals surface area contributed by atoms with E-state index in [9.17, 15) is 9.90 Å². The topological polar surface area (TPSA) is 55.8 Å². The van der Waals surface area contributed by atoms with Gasteiger partial charge in [-0.05, 0) is 44.3 Å². The third kappa shape index (κ3) is 9.48. The summed E-state index contributed by atoms with van der Waals surface area (Å²) in [6, 6.07) is 0. The fraction of sp³-hybridized carbons (Fsp3) is 0.944. The minimum Gasteiger partial charge on any atom is -0.466 e. The Balaban J connectivity index is 4.57. The largest absolute Gasteiger partial charge is 0.466 e. The number of hydrogen-bond acceptors (Lipinski definition) is 4. The van der Waals surface area contributed by atoms with Crippen LogP contribution in [0.1, 0.15) is 73.1 Å². The van der Waals surface area contributed by atoms with Crippen LogP contribution in [0.2, 0.25) is 18.1 Å². The lowest BCUT2D eigenvalue weighted by Gasteiger charge is -2.40. The molecule has 1 N–H and O–H groups in total. The first-order valence-corrected chi connectivity index (χ1v) is 12.0. The summed E-state index contributed by atoms with van der Waals surface area (Å²) in [7, 11) is -1.84. The lowest BCUT2D eigenvalue weighted by molar-refractivity contribution is -0.143. The van der Waals surface area contributed by atoms with E-state index in [0.29, 0.717) is 19.4 Å². The molecule has 0 rings (SSSR count). The van der Waals surface area contributed by atoms with Crippen LogP contribution in [0.5, 0.6) is 0 Å². The third-order valence-corrected chi connectivity index (χ3v) is 9.20. The summed E-state index contributed by atoms with van der Waals surface area (Å²) in [5.74, 6) is -0.234. The summed E-state index contributed by atoms with van der Waals surface area (Å²) in [5, 5.41) is 10.4. The molecule has 0 unspecified atom stereocenters. The second-order valence-electron chi connectivity index (χ2n) is 7.88. The standard InChI is InChI=1S/C18H38O4Si/c1-8-10-11-16(22-23(6,7)18(3,4)5)14-15(19)12-13-17(20)21-9-2/h15-16,19H,8-14H2,1-7H3/t15-,16-/m0/s1. The molecule has 0 aliphatic heterocycles. The van der Waals surface area contributed by atoms with E-state index in [4.69, 9.17) is 9.16 Å². The van der Waals surface area contributed by atoms with E-state index in [-0.39, 0.29) is 23.5 Å². The van der Waals surface area contributed by atoms with Gasteiger partial charge < -0.3 is 14.3 Å². The minimum absolute atomic E-state index is 0.0769. The van der Waals surface area contributed by atoms with Gasteiger partial charge in [-0.25, -0.2) is 0 Å². The number of esters is 1. The van der Waals surface area contributed by atoms with E-state index in [0.717, 1.165) is 19.3 Å². The Morgan fingerprint density at radius 2 is 1.78 bits per heavy atom. The van der Waals surface area contributed by atoms with Crippen molar-refractivity contribution < 1.29 is 19.1 Å². The van der Waals surface area contributed by atoms with Gasteiger partial charge in [0.2, 0.25) is 0 Å². The van der Waals surface area contributed by atoms with Gasteiger partial charge in [0.25, 0.3) is 0 Å². The van der Waals surface area contributed by atoms with Crippen molar-refractivity contribution in [3.63, 3.8) is 0 Å². The second-order valence-corrected chi connectivity index (χ2v) is 12.6. The quantitative estimate of drug-likeness (QED) is 0.436. The maximum atomic E-state index is 11.4. The van der Waals surface area contributed by atoms with Crippen molar-refractivity contribution in [3.05, 3.63) is 0 Å². The van der Waals surface area contributed by atoms with Crippen LogP contribution in [0.3, 0.4) is 0 Å². The van der Waals surface area contributed by atoms with Crippen LogP contribution < -0.4 is 0 Å². The van der Waals surface area contributed by atoms with E-state index >= 15 is 0 Å². The van der Waals surface area contributed by atoms with Crippen molar-refractivity contribution in [2.75, 3.05) is 6.61 Å². The van der Waals surface area contributed by atoms with Gasteiger partial charge in [-0.2, -0.15) is 0 Å². The number of hydrogen-bond donors (Lipinski definition) is 1. The van der Waals surface area contributed by atoms with Gasteiger partial charge in [0.05, 0.1) is 12.7 Å². The van der Waals surface area contributed by atoms with Crippen molar-refractivity contribution in [2.24, 2.45) is 0 Å². The van der Waals surface area contributed by atoms with Crippen LogP contribution in [0.15, 0.2) is 0 Å². The van der Waals surface area contributed by atoms with Gasteiger partial charge in [0, 0.05) is 12.5 Å². The molecule has 0 aromatic carbocycles. The monoisotopic (exact) mass is 346 g/mol. The predicted octanol–water partition coefficient (Wildman–Crippen LogP) is 4.66. The molecular weight excluding hydrogens is 308 g/mol. The summed E-state index contributed by atoms with van der Waals surface area (Å²) in [6.45, 7) is 15.5. The molecule has 0 aromatic heterocycles. The Morgan fingerprint density at radius 3 is 2.26 bits per heavy atom. The molecule has 138 valence electrons. The SMILES string of the molecule is CCCC[C@@H](C[C@@H](O)CCC(=O)OCC)O[Si](C)(C)C(C)(C)C. The van der Waals surface area contributed by atoms with Crippen LogP contribution in [0.25, 0.3) is 0 Å². The summed E-state index contributed by atoms with van der Waals surface area (Å²) < 4.78 is 11.4. The summed E-state index contributed by atoms with van der Waals surface area (Å²) >= 11 is 0. The van der Waals surface area contributed by atoms with Gasteiger partial charge in [-0.1, -0.05) is 40.5 Å². The maximum Gasteiger partial charge on any atom is 0.305 e. The average molecular weight is 347 g/mol. The summed E-state index contributed by atoms with van der Waals surface area (Å²) in [5.41, 5.74) is 0. The molecule has 23 heavy (non-hydrogen) atoms. The highest BCUT2D eigenvalue weighted by Gasteiger charge is 2.39. The van der Waals surface area contributed by atoms with Crippen molar-refractivity contribution in [3.8, 4) is 0 Å². The van der Waals surface area contributed by atoms with E-state index < -0.39 is 14.4 Å². The van der Waals surface area contributed by atoms with Crippen LogP contribution >= 0.6 is 0 Å².